The van der Waals surface area contributed by atoms with Gasteiger partial charge >= 0.3 is 5.97 Å². The van der Waals surface area contributed by atoms with Crippen molar-refractivity contribution in [3.05, 3.63) is 12.2 Å². The Kier molecular flexibility index (Phi) is 5.05. The van der Waals surface area contributed by atoms with Crippen molar-refractivity contribution in [3.8, 4) is 0 Å². The number of likely N-dealkylation sites (tertiary alicyclic amines) is 1. The number of nitrogens with one attached hydrogen (secondary N) is 1. The monoisotopic (exact) mass is 320 g/mol. The molecule has 1 amide bonds. The molecule has 0 radical (unpaired) electrons. The van der Waals surface area contributed by atoms with Gasteiger partial charge in [-0.25, -0.2) is 0 Å². The summed E-state index contributed by atoms with van der Waals surface area (Å²) in [7, 11) is 0. The molecule has 2 atom stereocenters. The normalized spacial score (nSPS) is 31.7. The van der Waals surface area contributed by atoms with Crippen molar-refractivity contribution in [2.45, 2.75) is 44.9 Å². The first-order valence-electron chi connectivity index (χ1n) is 8.99. The average molecular weight is 320 g/mol. The second-order valence-corrected chi connectivity index (χ2v) is 7.52. The molecular weight excluding hydrogens is 292 g/mol. The van der Waals surface area contributed by atoms with Crippen LogP contribution in [0.15, 0.2) is 12.2 Å². The number of piperidine rings is 1. The van der Waals surface area contributed by atoms with Gasteiger partial charge in [0, 0.05) is 19.6 Å². The predicted molar refractivity (Wildman–Crippen MR) is 88.0 cm³/mol. The van der Waals surface area contributed by atoms with E-state index in [0.29, 0.717) is 31.7 Å². The van der Waals surface area contributed by atoms with Gasteiger partial charge < -0.3 is 15.3 Å². The Morgan fingerprint density at radius 1 is 1.22 bits per heavy atom. The first-order valence-corrected chi connectivity index (χ1v) is 8.99. The number of nitrogens with zero attached hydrogens (tertiary/aromatic N) is 1. The van der Waals surface area contributed by atoms with Crippen molar-refractivity contribution in [3.63, 3.8) is 0 Å². The molecule has 0 spiro atoms. The quantitative estimate of drug-likeness (QED) is 0.580. The summed E-state index contributed by atoms with van der Waals surface area (Å²) >= 11 is 0. The molecule has 5 heteroatoms. The Morgan fingerprint density at radius 2 is 2.04 bits per heavy atom. The maximum absolute atomic E-state index is 12.5. The van der Waals surface area contributed by atoms with Crippen LogP contribution < -0.4 is 5.32 Å². The number of rotatable bonds is 6. The highest BCUT2D eigenvalue weighted by atomic mass is 16.4. The number of carbonyl (C=O) groups excluding carboxylic acids is 1. The van der Waals surface area contributed by atoms with Crippen LogP contribution in [0.1, 0.15) is 44.9 Å². The van der Waals surface area contributed by atoms with Crippen LogP contribution in [0.2, 0.25) is 0 Å². The van der Waals surface area contributed by atoms with Gasteiger partial charge in [-0.15, -0.1) is 0 Å². The third-order valence-electron chi connectivity index (χ3n) is 5.58. The molecule has 0 aromatic rings. The molecule has 1 heterocycles. The third-order valence-corrected chi connectivity index (χ3v) is 5.58. The van der Waals surface area contributed by atoms with E-state index in [0.717, 1.165) is 18.9 Å². The van der Waals surface area contributed by atoms with E-state index in [2.05, 4.69) is 10.2 Å². The number of amides is 1. The highest BCUT2D eigenvalue weighted by Gasteiger charge is 2.45. The summed E-state index contributed by atoms with van der Waals surface area (Å²) in [4.78, 5) is 26.7. The second-order valence-electron chi connectivity index (χ2n) is 7.52. The molecule has 1 saturated heterocycles. The first-order chi connectivity index (χ1) is 11.1. The molecule has 0 bridgehead atoms. The summed E-state index contributed by atoms with van der Waals surface area (Å²) in [6, 6.07) is 0. The zero-order valence-electron chi connectivity index (χ0n) is 13.8. The van der Waals surface area contributed by atoms with Crippen LogP contribution in [0, 0.1) is 17.3 Å². The molecule has 5 nitrogen and oxygen atoms in total. The molecule has 1 saturated carbocycles. The summed E-state index contributed by atoms with van der Waals surface area (Å²) in [6.45, 7) is 4.02. The Balaban J connectivity index is 1.51. The molecule has 128 valence electrons. The first kappa shape index (κ1) is 16.5. The maximum Gasteiger partial charge on any atom is 0.319 e. The highest BCUT2D eigenvalue weighted by Crippen LogP contribution is 2.34. The fourth-order valence-electron chi connectivity index (χ4n) is 3.89. The molecule has 1 aliphatic heterocycles. The topological polar surface area (TPSA) is 69.6 Å². The number of hydrogen-bond donors (Lipinski definition) is 2. The van der Waals surface area contributed by atoms with E-state index in [1.165, 1.54) is 32.4 Å². The van der Waals surface area contributed by atoms with Gasteiger partial charge in [0.25, 0.3) is 0 Å². The number of aliphatic carboxylic acids is 1. The Labute approximate surface area is 138 Å². The van der Waals surface area contributed by atoms with Crippen molar-refractivity contribution < 1.29 is 14.7 Å². The van der Waals surface area contributed by atoms with Gasteiger partial charge in [-0.05, 0) is 63.3 Å². The van der Waals surface area contributed by atoms with Crippen molar-refractivity contribution in [2.24, 2.45) is 17.3 Å². The van der Waals surface area contributed by atoms with E-state index in [4.69, 9.17) is 0 Å². The van der Waals surface area contributed by atoms with Crippen molar-refractivity contribution in [2.75, 3.05) is 26.2 Å². The van der Waals surface area contributed by atoms with E-state index in [-0.39, 0.29) is 5.91 Å². The van der Waals surface area contributed by atoms with Crippen molar-refractivity contribution >= 4 is 11.9 Å². The number of carbonyl (C=O) groups is 2. The fraction of sp³-hybridized carbons (Fsp3) is 0.778. The number of allylic oxidation sites excluding steroid dienone is 2. The second kappa shape index (κ2) is 7.04. The van der Waals surface area contributed by atoms with Gasteiger partial charge in [0.15, 0.2) is 0 Å². The minimum Gasteiger partial charge on any atom is -0.480 e. The minimum atomic E-state index is -1.25. The van der Waals surface area contributed by atoms with Crippen LogP contribution >= 0.6 is 0 Å². The molecule has 0 aromatic heterocycles. The lowest BCUT2D eigenvalue weighted by Gasteiger charge is -2.34. The maximum atomic E-state index is 12.5. The third kappa shape index (κ3) is 3.94. The molecule has 3 rings (SSSR count). The standard InChI is InChI=1S/C18H28N2O3/c21-16(18(17(22)23)8-2-1-3-9-18)19-11-15-5-4-10-20(13-15)12-14-6-7-14/h1-2,14-15H,3-13H2,(H,19,21)(H,22,23). The summed E-state index contributed by atoms with van der Waals surface area (Å²) in [5, 5.41) is 12.5. The van der Waals surface area contributed by atoms with E-state index < -0.39 is 11.4 Å². The summed E-state index contributed by atoms with van der Waals surface area (Å²) in [5.41, 5.74) is -1.25. The Hall–Kier alpha value is -1.36. The van der Waals surface area contributed by atoms with Crippen LogP contribution in [0.3, 0.4) is 0 Å². The van der Waals surface area contributed by atoms with Crippen molar-refractivity contribution in [1.29, 1.82) is 0 Å². The van der Waals surface area contributed by atoms with E-state index in [1.54, 1.807) is 0 Å². The fourth-order valence-corrected chi connectivity index (χ4v) is 3.89. The highest BCUT2D eigenvalue weighted by molar-refractivity contribution is 6.02. The number of carboxylic acid groups (broad SMARTS) is 1. The smallest absolute Gasteiger partial charge is 0.319 e. The summed E-state index contributed by atoms with van der Waals surface area (Å²) in [5.74, 6) is 0.0658. The molecule has 2 N–H and O–H groups in total. The van der Waals surface area contributed by atoms with E-state index in [1.807, 2.05) is 12.2 Å². The molecular formula is C18H28N2O3. The molecule has 3 aliphatic rings. The predicted octanol–water partition coefficient (Wildman–Crippen LogP) is 2.04. The molecule has 2 unspecified atom stereocenters. The largest absolute Gasteiger partial charge is 0.480 e. The lowest BCUT2D eigenvalue weighted by Crippen LogP contribution is -2.49. The van der Waals surface area contributed by atoms with E-state index >= 15 is 0 Å². The average Bonchev–Trinajstić information content (AvgIpc) is 3.37. The zero-order valence-corrected chi connectivity index (χ0v) is 13.8. The van der Waals surface area contributed by atoms with Gasteiger partial charge in [0.1, 0.15) is 5.41 Å². The van der Waals surface area contributed by atoms with Crippen LogP contribution in [0.5, 0.6) is 0 Å². The number of hydrogen-bond acceptors (Lipinski definition) is 3. The molecule has 0 aromatic carbocycles. The minimum absolute atomic E-state index is 0.298. The van der Waals surface area contributed by atoms with Crippen LogP contribution in [0.25, 0.3) is 0 Å². The van der Waals surface area contributed by atoms with Gasteiger partial charge in [-0.1, -0.05) is 12.2 Å². The van der Waals surface area contributed by atoms with Gasteiger partial charge in [-0.3, -0.25) is 9.59 Å². The van der Waals surface area contributed by atoms with Crippen LogP contribution in [-0.4, -0.2) is 48.1 Å². The SMILES string of the molecule is O=C(O)C1(C(=O)NCC2CCCN(CC3CC3)C2)CC=CCC1. The van der Waals surface area contributed by atoms with E-state index in [9.17, 15) is 14.7 Å². The Morgan fingerprint density at radius 3 is 2.70 bits per heavy atom. The lowest BCUT2D eigenvalue weighted by molar-refractivity contribution is -0.156. The van der Waals surface area contributed by atoms with Crippen LogP contribution in [-0.2, 0) is 9.59 Å². The summed E-state index contributed by atoms with van der Waals surface area (Å²) in [6.07, 6.45) is 10.2. The Bertz CT molecular complexity index is 487. The summed E-state index contributed by atoms with van der Waals surface area (Å²) < 4.78 is 0. The zero-order chi connectivity index (χ0) is 16.3. The lowest BCUT2D eigenvalue weighted by atomic mass is 9.76. The number of carboxylic acids is 1. The van der Waals surface area contributed by atoms with Crippen LogP contribution in [0.4, 0.5) is 0 Å². The van der Waals surface area contributed by atoms with Gasteiger partial charge in [0.05, 0.1) is 0 Å². The molecule has 2 fully saturated rings. The molecule has 23 heavy (non-hydrogen) atoms. The molecule has 2 aliphatic carbocycles. The van der Waals surface area contributed by atoms with Gasteiger partial charge in [-0.2, -0.15) is 0 Å². The van der Waals surface area contributed by atoms with Crippen molar-refractivity contribution in [1.82, 2.24) is 10.2 Å². The van der Waals surface area contributed by atoms with Gasteiger partial charge in [0.2, 0.25) is 5.91 Å².